The minimum absolute atomic E-state index is 0.0691. The number of carbonyl (C=O) groups excluding carboxylic acids is 2. The molecule has 0 radical (unpaired) electrons. The summed E-state index contributed by atoms with van der Waals surface area (Å²) in [6, 6.07) is 25.2. The molecular formula is C23H17N3O3S. The molecule has 0 saturated heterocycles. The number of thioether (sulfide) groups is 1. The number of Topliss-reactive ketones (excluding diaryl/α,β-unsaturated/α-hetero) is 1. The van der Waals surface area contributed by atoms with Gasteiger partial charge in [0.25, 0.3) is 11.1 Å². The molecule has 148 valence electrons. The number of rotatable bonds is 7. The van der Waals surface area contributed by atoms with Crippen LogP contribution < -0.4 is 5.32 Å². The number of anilines is 1. The van der Waals surface area contributed by atoms with E-state index in [2.05, 4.69) is 15.5 Å². The van der Waals surface area contributed by atoms with Crippen LogP contribution in [0.15, 0.2) is 94.6 Å². The molecule has 4 aromatic rings. The highest BCUT2D eigenvalue weighted by atomic mass is 32.2. The first-order valence-electron chi connectivity index (χ1n) is 9.20. The third kappa shape index (κ3) is 4.82. The van der Waals surface area contributed by atoms with E-state index in [1.54, 1.807) is 48.5 Å². The molecule has 30 heavy (non-hydrogen) atoms. The smallest absolute Gasteiger partial charge is 0.277 e. The summed E-state index contributed by atoms with van der Waals surface area (Å²) in [5, 5.41) is 11.1. The maximum Gasteiger partial charge on any atom is 0.277 e. The van der Waals surface area contributed by atoms with Gasteiger partial charge in [-0.3, -0.25) is 9.59 Å². The lowest BCUT2D eigenvalue weighted by Crippen LogP contribution is -2.11. The average Bonchev–Trinajstić information content (AvgIpc) is 3.28. The molecule has 0 aliphatic rings. The molecule has 0 saturated carbocycles. The molecule has 0 unspecified atom stereocenters. The molecule has 0 aliphatic heterocycles. The summed E-state index contributed by atoms with van der Waals surface area (Å²) >= 11 is 1.19. The molecule has 4 rings (SSSR count). The van der Waals surface area contributed by atoms with E-state index in [0.717, 1.165) is 5.56 Å². The molecule has 0 fully saturated rings. The van der Waals surface area contributed by atoms with Crippen LogP contribution in [0.5, 0.6) is 0 Å². The molecule has 3 aromatic carbocycles. The van der Waals surface area contributed by atoms with E-state index in [4.69, 9.17) is 4.42 Å². The van der Waals surface area contributed by atoms with Gasteiger partial charge in [-0.25, -0.2) is 0 Å². The Labute approximate surface area is 177 Å². The fourth-order valence-electron chi connectivity index (χ4n) is 2.71. The summed E-state index contributed by atoms with van der Waals surface area (Å²) < 4.78 is 5.60. The first-order chi connectivity index (χ1) is 14.7. The molecule has 0 bridgehead atoms. The van der Waals surface area contributed by atoms with Crippen LogP contribution in [0.4, 0.5) is 5.69 Å². The Morgan fingerprint density at radius 2 is 1.47 bits per heavy atom. The Hall–Kier alpha value is -3.71. The van der Waals surface area contributed by atoms with E-state index in [1.807, 2.05) is 36.4 Å². The maximum absolute atomic E-state index is 12.5. The first kappa shape index (κ1) is 19.6. The van der Waals surface area contributed by atoms with Crippen LogP contribution in [0, 0.1) is 0 Å². The summed E-state index contributed by atoms with van der Waals surface area (Å²) in [7, 11) is 0. The summed E-state index contributed by atoms with van der Waals surface area (Å²) in [4.78, 5) is 24.6. The summed E-state index contributed by atoms with van der Waals surface area (Å²) in [5.74, 6) is 0.326. The number of hydrogen-bond acceptors (Lipinski definition) is 6. The van der Waals surface area contributed by atoms with Gasteiger partial charge in [0.05, 0.1) is 5.75 Å². The Balaban J connectivity index is 1.33. The highest BCUT2D eigenvalue weighted by molar-refractivity contribution is 7.99. The molecule has 0 atom stereocenters. The van der Waals surface area contributed by atoms with Crippen LogP contribution in [-0.2, 0) is 0 Å². The fourth-order valence-corrected chi connectivity index (χ4v) is 3.37. The molecule has 0 aliphatic carbocycles. The zero-order valence-corrected chi connectivity index (χ0v) is 16.6. The van der Waals surface area contributed by atoms with Crippen LogP contribution in [0.3, 0.4) is 0 Å². The van der Waals surface area contributed by atoms with Gasteiger partial charge in [-0.05, 0) is 48.5 Å². The molecule has 1 N–H and O–H groups in total. The number of nitrogens with zero attached hydrogens (tertiary/aromatic N) is 2. The number of ketones is 1. The maximum atomic E-state index is 12.5. The second kappa shape index (κ2) is 9.19. The standard InChI is InChI=1S/C23H17N3O3S/c27-20(15-30-23-26-25-22(29-23)18-9-5-2-6-10-18)16-11-13-19(14-12-16)24-21(28)17-7-3-1-4-8-17/h1-14H,15H2,(H,24,28). The van der Waals surface area contributed by atoms with Crippen molar-refractivity contribution in [3.8, 4) is 11.5 Å². The predicted molar refractivity (Wildman–Crippen MR) is 116 cm³/mol. The van der Waals surface area contributed by atoms with Crippen molar-refractivity contribution in [2.45, 2.75) is 5.22 Å². The Bertz CT molecular complexity index is 1140. The topological polar surface area (TPSA) is 85.1 Å². The largest absolute Gasteiger partial charge is 0.411 e. The van der Waals surface area contributed by atoms with Crippen LogP contribution in [0.2, 0.25) is 0 Å². The van der Waals surface area contributed by atoms with Gasteiger partial charge in [0.2, 0.25) is 5.89 Å². The first-order valence-corrected chi connectivity index (χ1v) is 10.2. The van der Waals surface area contributed by atoms with E-state index in [0.29, 0.717) is 27.9 Å². The van der Waals surface area contributed by atoms with E-state index in [9.17, 15) is 9.59 Å². The molecule has 1 heterocycles. The third-order valence-corrected chi connectivity index (χ3v) is 5.07. The normalized spacial score (nSPS) is 10.5. The van der Waals surface area contributed by atoms with Gasteiger partial charge >= 0.3 is 0 Å². The van der Waals surface area contributed by atoms with Crippen molar-refractivity contribution >= 4 is 29.1 Å². The van der Waals surface area contributed by atoms with E-state index in [-0.39, 0.29) is 17.4 Å². The van der Waals surface area contributed by atoms with E-state index < -0.39 is 0 Å². The third-order valence-electron chi connectivity index (χ3n) is 4.25. The lowest BCUT2D eigenvalue weighted by molar-refractivity contribution is 0.101. The SMILES string of the molecule is O=C(CSc1nnc(-c2ccccc2)o1)c1ccc(NC(=O)c2ccccc2)cc1. The molecule has 1 aromatic heterocycles. The average molecular weight is 415 g/mol. The summed E-state index contributed by atoms with van der Waals surface area (Å²) in [6.45, 7) is 0. The predicted octanol–water partition coefficient (Wildman–Crippen LogP) is 4.96. The van der Waals surface area contributed by atoms with Crippen molar-refractivity contribution < 1.29 is 14.0 Å². The van der Waals surface area contributed by atoms with Gasteiger partial charge in [0.1, 0.15) is 0 Å². The lowest BCUT2D eigenvalue weighted by Gasteiger charge is -2.06. The number of hydrogen-bond donors (Lipinski definition) is 1. The van der Waals surface area contributed by atoms with Gasteiger partial charge < -0.3 is 9.73 Å². The van der Waals surface area contributed by atoms with Crippen molar-refractivity contribution in [2.24, 2.45) is 0 Å². The molecular weight excluding hydrogens is 398 g/mol. The van der Waals surface area contributed by atoms with Crippen LogP contribution in [-0.4, -0.2) is 27.6 Å². The zero-order valence-electron chi connectivity index (χ0n) is 15.8. The van der Waals surface area contributed by atoms with Gasteiger partial charge in [-0.15, -0.1) is 10.2 Å². The Morgan fingerprint density at radius 1 is 0.800 bits per heavy atom. The van der Waals surface area contributed by atoms with E-state index in [1.165, 1.54) is 11.8 Å². The molecule has 6 nitrogen and oxygen atoms in total. The molecule has 1 amide bonds. The molecule has 0 spiro atoms. The van der Waals surface area contributed by atoms with Gasteiger partial charge in [0, 0.05) is 22.4 Å². The van der Waals surface area contributed by atoms with Crippen LogP contribution >= 0.6 is 11.8 Å². The van der Waals surface area contributed by atoms with Crippen molar-refractivity contribution in [3.05, 3.63) is 96.1 Å². The van der Waals surface area contributed by atoms with Crippen molar-refractivity contribution in [1.29, 1.82) is 0 Å². The van der Waals surface area contributed by atoms with Crippen molar-refractivity contribution in [2.75, 3.05) is 11.1 Å². The second-order valence-electron chi connectivity index (χ2n) is 6.35. The highest BCUT2D eigenvalue weighted by Gasteiger charge is 2.13. The van der Waals surface area contributed by atoms with Crippen molar-refractivity contribution in [1.82, 2.24) is 10.2 Å². The van der Waals surface area contributed by atoms with Gasteiger partial charge in [-0.2, -0.15) is 0 Å². The Kier molecular flexibility index (Phi) is 6.01. The fraction of sp³-hybridized carbons (Fsp3) is 0.0435. The number of carbonyl (C=O) groups is 2. The molecule has 7 heteroatoms. The summed E-state index contributed by atoms with van der Waals surface area (Å²) in [6.07, 6.45) is 0. The van der Waals surface area contributed by atoms with E-state index >= 15 is 0 Å². The van der Waals surface area contributed by atoms with Crippen LogP contribution in [0.1, 0.15) is 20.7 Å². The lowest BCUT2D eigenvalue weighted by atomic mass is 10.1. The number of aromatic nitrogens is 2. The zero-order chi connectivity index (χ0) is 20.8. The summed E-state index contributed by atoms with van der Waals surface area (Å²) in [5.41, 5.74) is 2.57. The number of benzene rings is 3. The van der Waals surface area contributed by atoms with Gasteiger partial charge in [-0.1, -0.05) is 48.2 Å². The number of amides is 1. The van der Waals surface area contributed by atoms with Crippen molar-refractivity contribution in [3.63, 3.8) is 0 Å². The van der Waals surface area contributed by atoms with Crippen LogP contribution in [0.25, 0.3) is 11.5 Å². The highest BCUT2D eigenvalue weighted by Crippen LogP contribution is 2.23. The number of nitrogens with one attached hydrogen (secondary N) is 1. The quantitative estimate of drug-likeness (QED) is 0.339. The monoisotopic (exact) mass is 415 g/mol. The second-order valence-corrected chi connectivity index (χ2v) is 7.28. The Morgan fingerprint density at radius 3 is 2.17 bits per heavy atom. The van der Waals surface area contributed by atoms with Gasteiger partial charge in [0.15, 0.2) is 5.78 Å². The minimum atomic E-state index is -0.198. The minimum Gasteiger partial charge on any atom is -0.411 e.